The molecule has 1 aromatic heterocycles. The lowest BCUT2D eigenvalue weighted by Crippen LogP contribution is -2.47. The molecule has 0 radical (unpaired) electrons. The molecule has 21 heavy (non-hydrogen) atoms. The highest BCUT2D eigenvalue weighted by atomic mass is 32.1. The van der Waals surface area contributed by atoms with E-state index in [0.717, 1.165) is 42.3 Å². The minimum absolute atomic E-state index is 0.0684. The summed E-state index contributed by atoms with van der Waals surface area (Å²) in [5.41, 5.74) is 0.803. The van der Waals surface area contributed by atoms with Crippen LogP contribution in [-0.4, -0.2) is 28.9 Å². The maximum atomic E-state index is 10.7. The fraction of sp³-hybridized carbons (Fsp3) is 0.824. The fourth-order valence-corrected chi connectivity index (χ4v) is 4.08. The molecule has 1 N–H and O–H groups in total. The summed E-state index contributed by atoms with van der Waals surface area (Å²) in [7, 11) is 1.74. The zero-order valence-corrected chi connectivity index (χ0v) is 14.8. The Morgan fingerprint density at radius 3 is 2.52 bits per heavy atom. The average molecular weight is 311 g/mol. The lowest BCUT2D eigenvalue weighted by atomic mass is 9.75. The third-order valence-corrected chi connectivity index (χ3v) is 5.69. The van der Waals surface area contributed by atoms with Gasteiger partial charge in [0.2, 0.25) is 0 Å². The normalized spacial score (nSPS) is 28.6. The Labute approximate surface area is 132 Å². The van der Waals surface area contributed by atoms with E-state index < -0.39 is 6.10 Å². The molecule has 1 aromatic rings. The highest BCUT2D eigenvalue weighted by Gasteiger charge is 2.41. The van der Waals surface area contributed by atoms with Crippen LogP contribution in [0.3, 0.4) is 0 Å². The highest BCUT2D eigenvalue weighted by molar-refractivity contribution is 7.09. The van der Waals surface area contributed by atoms with Gasteiger partial charge in [0.05, 0.1) is 22.4 Å². The number of hydrogen-bond acceptors (Lipinski definition) is 4. The SMILES string of the molecule is COC1(C(O)Cc2nc(C(C)(C)C)cs2)CCC(C)CC1. The van der Waals surface area contributed by atoms with Crippen LogP contribution < -0.4 is 0 Å². The van der Waals surface area contributed by atoms with E-state index in [-0.39, 0.29) is 11.0 Å². The molecule has 3 nitrogen and oxygen atoms in total. The van der Waals surface area contributed by atoms with Crippen LogP contribution in [0.15, 0.2) is 5.38 Å². The van der Waals surface area contributed by atoms with E-state index in [2.05, 4.69) is 33.1 Å². The molecule has 0 saturated heterocycles. The lowest BCUT2D eigenvalue weighted by Gasteiger charge is -2.41. The van der Waals surface area contributed by atoms with Gasteiger partial charge in [-0.15, -0.1) is 11.3 Å². The molecule has 1 heterocycles. The molecule has 1 unspecified atom stereocenters. The van der Waals surface area contributed by atoms with Crippen molar-refractivity contribution >= 4 is 11.3 Å². The molecule has 1 saturated carbocycles. The lowest BCUT2D eigenvalue weighted by molar-refractivity contribution is -0.127. The van der Waals surface area contributed by atoms with E-state index in [9.17, 15) is 5.11 Å². The van der Waals surface area contributed by atoms with Crippen molar-refractivity contribution in [2.24, 2.45) is 5.92 Å². The topological polar surface area (TPSA) is 42.4 Å². The summed E-state index contributed by atoms with van der Waals surface area (Å²) in [4.78, 5) is 4.70. The number of thiazole rings is 1. The van der Waals surface area contributed by atoms with Crippen LogP contribution in [0.5, 0.6) is 0 Å². The second kappa shape index (κ2) is 6.35. The molecule has 0 aromatic carbocycles. The van der Waals surface area contributed by atoms with Gasteiger partial charge in [0.15, 0.2) is 0 Å². The van der Waals surface area contributed by atoms with Crippen molar-refractivity contribution in [3.05, 3.63) is 16.1 Å². The monoisotopic (exact) mass is 311 g/mol. The molecule has 4 heteroatoms. The molecule has 1 fully saturated rings. The largest absolute Gasteiger partial charge is 0.390 e. The van der Waals surface area contributed by atoms with E-state index in [1.807, 2.05) is 0 Å². The first-order chi connectivity index (χ1) is 9.77. The first-order valence-electron chi connectivity index (χ1n) is 7.95. The Morgan fingerprint density at radius 1 is 1.43 bits per heavy atom. The quantitative estimate of drug-likeness (QED) is 0.916. The van der Waals surface area contributed by atoms with Gasteiger partial charge in [-0.2, -0.15) is 0 Å². The highest BCUT2D eigenvalue weighted by Crippen LogP contribution is 2.38. The van der Waals surface area contributed by atoms with E-state index in [1.54, 1.807) is 18.4 Å². The van der Waals surface area contributed by atoms with Crippen LogP contribution >= 0.6 is 11.3 Å². The standard InChI is InChI=1S/C17H29NO2S/c1-12-6-8-17(20-5,9-7-12)14(19)10-15-18-13(11-21-15)16(2,3)4/h11-12,14,19H,6-10H2,1-5H3. The van der Waals surface area contributed by atoms with Gasteiger partial charge >= 0.3 is 0 Å². The molecular formula is C17H29NO2S. The van der Waals surface area contributed by atoms with Gasteiger partial charge in [-0.05, 0) is 31.6 Å². The smallest absolute Gasteiger partial charge is 0.0955 e. The Morgan fingerprint density at radius 2 is 2.05 bits per heavy atom. The van der Waals surface area contributed by atoms with E-state index >= 15 is 0 Å². The van der Waals surface area contributed by atoms with Crippen LogP contribution in [-0.2, 0) is 16.6 Å². The van der Waals surface area contributed by atoms with Gasteiger partial charge in [0, 0.05) is 24.3 Å². The fourth-order valence-electron chi connectivity index (χ4n) is 3.02. The summed E-state index contributed by atoms with van der Waals surface area (Å²) in [5, 5.41) is 13.8. The predicted octanol–water partition coefficient (Wildman–Crippen LogP) is 3.94. The van der Waals surface area contributed by atoms with Crippen molar-refractivity contribution in [3.8, 4) is 0 Å². The van der Waals surface area contributed by atoms with Gasteiger partial charge < -0.3 is 9.84 Å². The van der Waals surface area contributed by atoms with Crippen LogP contribution in [0.4, 0.5) is 0 Å². The zero-order valence-electron chi connectivity index (χ0n) is 14.0. The maximum Gasteiger partial charge on any atom is 0.0955 e. The Kier molecular flexibility index (Phi) is 5.11. The number of aliphatic hydroxyl groups is 1. The molecule has 0 bridgehead atoms. The molecule has 1 aliphatic carbocycles. The van der Waals surface area contributed by atoms with Crippen molar-refractivity contribution in [2.75, 3.05) is 7.11 Å². The third-order valence-electron chi connectivity index (χ3n) is 4.82. The first kappa shape index (κ1) is 16.9. The first-order valence-corrected chi connectivity index (χ1v) is 8.83. The number of ether oxygens (including phenoxy) is 1. The van der Waals surface area contributed by atoms with Gasteiger partial charge in [-0.1, -0.05) is 27.7 Å². The van der Waals surface area contributed by atoms with Crippen LogP contribution in [0.25, 0.3) is 0 Å². The van der Waals surface area contributed by atoms with E-state index in [4.69, 9.17) is 9.72 Å². The molecule has 0 aliphatic heterocycles. The van der Waals surface area contributed by atoms with Crippen LogP contribution in [0.1, 0.15) is 64.1 Å². The van der Waals surface area contributed by atoms with Gasteiger partial charge in [0.1, 0.15) is 0 Å². The summed E-state index contributed by atoms with van der Waals surface area (Å²) >= 11 is 1.65. The number of rotatable bonds is 4. The second-order valence-corrected chi connectivity index (χ2v) is 8.49. The molecule has 120 valence electrons. The number of hydrogen-bond donors (Lipinski definition) is 1. The minimum atomic E-state index is -0.464. The summed E-state index contributed by atoms with van der Waals surface area (Å²) in [6, 6.07) is 0. The average Bonchev–Trinajstić information content (AvgIpc) is 2.88. The number of nitrogens with zero attached hydrogens (tertiary/aromatic N) is 1. The molecule has 1 atom stereocenters. The van der Waals surface area contributed by atoms with Crippen molar-refractivity contribution in [2.45, 2.75) is 76.9 Å². The molecule has 2 rings (SSSR count). The second-order valence-electron chi connectivity index (χ2n) is 7.55. The molecule has 0 amide bonds. The number of aromatic nitrogens is 1. The summed E-state index contributed by atoms with van der Waals surface area (Å²) in [6.07, 6.45) is 4.30. The number of aliphatic hydroxyl groups excluding tert-OH is 1. The summed E-state index contributed by atoms with van der Waals surface area (Å²) in [5.74, 6) is 0.743. The third kappa shape index (κ3) is 3.85. The van der Waals surface area contributed by atoms with Crippen molar-refractivity contribution in [3.63, 3.8) is 0 Å². The molecule has 1 aliphatic rings. The Bertz CT molecular complexity index is 456. The van der Waals surface area contributed by atoms with Gasteiger partial charge in [-0.3, -0.25) is 0 Å². The van der Waals surface area contributed by atoms with Crippen molar-refractivity contribution < 1.29 is 9.84 Å². The Hall–Kier alpha value is -0.450. The van der Waals surface area contributed by atoms with Crippen molar-refractivity contribution in [1.29, 1.82) is 0 Å². The maximum absolute atomic E-state index is 10.7. The van der Waals surface area contributed by atoms with Gasteiger partial charge in [-0.25, -0.2) is 4.98 Å². The van der Waals surface area contributed by atoms with Gasteiger partial charge in [0.25, 0.3) is 0 Å². The predicted molar refractivity (Wildman–Crippen MR) is 87.9 cm³/mol. The van der Waals surface area contributed by atoms with E-state index in [1.165, 1.54) is 0 Å². The zero-order chi connectivity index (χ0) is 15.7. The number of methoxy groups -OCH3 is 1. The molecular weight excluding hydrogens is 282 g/mol. The van der Waals surface area contributed by atoms with Crippen LogP contribution in [0, 0.1) is 5.92 Å². The minimum Gasteiger partial charge on any atom is -0.390 e. The van der Waals surface area contributed by atoms with Crippen LogP contribution in [0.2, 0.25) is 0 Å². The Balaban J connectivity index is 2.06. The van der Waals surface area contributed by atoms with E-state index in [0.29, 0.717) is 6.42 Å². The summed E-state index contributed by atoms with van der Waals surface area (Å²) < 4.78 is 5.76. The van der Waals surface area contributed by atoms with Crippen molar-refractivity contribution in [1.82, 2.24) is 4.98 Å². The summed E-state index contributed by atoms with van der Waals surface area (Å²) in [6.45, 7) is 8.78. The molecule has 0 spiro atoms.